The third-order valence-corrected chi connectivity index (χ3v) is 4.69. The van der Waals surface area contributed by atoms with Gasteiger partial charge in [0.15, 0.2) is 0 Å². The Morgan fingerprint density at radius 2 is 2.25 bits per heavy atom. The number of hydrogen-bond acceptors (Lipinski definition) is 4. The predicted octanol–water partition coefficient (Wildman–Crippen LogP) is 2.54. The summed E-state index contributed by atoms with van der Waals surface area (Å²) >= 11 is 1.53. The van der Waals surface area contributed by atoms with Crippen LogP contribution in [0.1, 0.15) is 31.7 Å². The summed E-state index contributed by atoms with van der Waals surface area (Å²) in [5, 5.41) is 11.5. The van der Waals surface area contributed by atoms with Crippen molar-refractivity contribution in [1.29, 1.82) is 0 Å². The Bertz CT molecular complexity index is 433. The molecule has 1 fully saturated rings. The van der Waals surface area contributed by atoms with Crippen LogP contribution < -0.4 is 0 Å². The first kappa shape index (κ1) is 15.5. The molecule has 2 atom stereocenters. The van der Waals surface area contributed by atoms with E-state index in [1.54, 1.807) is 0 Å². The van der Waals surface area contributed by atoms with E-state index in [-0.39, 0.29) is 6.04 Å². The second kappa shape index (κ2) is 6.70. The average Bonchev–Trinajstić information content (AvgIpc) is 2.84. The van der Waals surface area contributed by atoms with Crippen molar-refractivity contribution in [2.45, 2.75) is 32.9 Å². The van der Waals surface area contributed by atoms with Gasteiger partial charge >= 0.3 is 5.97 Å². The SMILES string of the molecule is CC(C)CN1CCN(C(C(=O)O)c2cccs2)C(C)C1. The van der Waals surface area contributed by atoms with Gasteiger partial charge in [-0.2, -0.15) is 0 Å². The molecule has 4 nitrogen and oxygen atoms in total. The van der Waals surface area contributed by atoms with Gasteiger partial charge in [-0.15, -0.1) is 11.3 Å². The minimum Gasteiger partial charge on any atom is -0.480 e. The van der Waals surface area contributed by atoms with Crippen LogP contribution in [0.25, 0.3) is 0 Å². The molecule has 1 aromatic heterocycles. The van der Waals surface area contributed by atoms with Gasteiger partial charge in [0.2, 0.25) is 0 Å². The highest BCUT2D eigenvalue weighted by molar-refractivity contribution is 7.10. The fourth-order valence-electron chi connectivity index (χ4n) is 2.99. The smallest absolute Gasteiger partial charge is 0.326 e. The van der Waals surface area contributed by atoms with Crippen molar-refractivity contribution >= 4 is 17.3 Å². The van der Waals surface area contributed by atoms with Crippen LogP contribution in [0.4, 0.5) is 0 Å². The molecule has 2 heterocycles. The summed E-state index contributed by atoms with van der Waals surface area (Å²) in [4.78, 5) is 17.2. The number of aliphatic carboxylic acids is 1. The molecule has 0 aliphatic carbocycles. The summed E-state index contributed by atoms with van der Waals surface area (Å²) in [5.41, 5.74) is 0. The number of thiophene rings is 1. The summed E-state index contributed by atoms with van der Waals surface area (Å²) in [6, 6.07) is 3.63. The Labute approximate surface area is 125 Å². The van der Waals surface area contributed by atoms with E-state index < -0.39 is 12.0 Å². The van der Waals surface area contributed by atoms with E-state index in [1.807, 2.05) is 17.5 Å². The normalized spacial score (nSPS) is 23.1. The zero-order valence-corrected chi connectivity index (χ0v) is 13.3. The van der Waals surface area contributed by atoms with Gasteiger partial charge in [0.1, 0.15) is 6.04 Å². The molecular weight excluding hydrogens is 272 g/mol. The summed E-state index contributed by atoms with van der Waals surface area (Å²) in [5.74, 6) is -0.0853. The lowest BCUT2D eigenvalue weighted by atomic mass is 10.1. The van der Waals surface area contributed by atoms with E-state index in [4.69, 9.17) is 0 Å². The Morgan fingerprint density at radius 1 is 1.50 bits per heavy atom. The van der Waals surface area contributed by atoms with Crippen LogP contribution in [0, 0.1) is 5.92 Å². The van der Waals surface area contributed by atoms with Gasteiger partial charge in [0, 0.05) is 37.1 Å². The molecule has 1 N–H and O–H groups in total. The highest BCUT2D eigenvalue weighted by atomic mass is 32.1. The quantitative estimate of drug-likeness (QED) is 0.907. The van der Waals surface area contributed by atoms with Crippen LogP contribution >= 0.6 is 11.3 Å². The van der Waals surface area contributed by atoms with Crippen LogP contribution in [0.3, 0.4) is 0 Å². The second-order valence-corrected chi connectivity index (χ2v) is 6.98. The number of carboxylic acids is 1. The summed E-state index contributed by atoms with van der Waals surface area (Å²) in [6.07, 6.45) is 0. The van der Waals surface area contributed by atoms with Crippen molar-refractivity contribution in [3.8, 4) is 0 Å². The van der Waals surface area contributed by atoms with Gasteiger partial charge < -0.3 is 10.0 Å². The number of nitrogens with zero attached hydrogens (tertiary/aromatic N) is 2. The van der Waals surface area contributed by atoms with Gasteiger partial charge in [0.05, 0.1) is 0 Å². The Kier molecular flexibility index (Phi) is 5.18. The lowest BCUT2D eigenvalue weighted by Gasteiger charge is -2.42. The van der Waals surface area contributed by atoms with Crippen LogP contribution in [0.15, 0.2) is 17.5 Å². The van der Waals surface area contributed by atoms with Gasteiger partial charge in [-0.3, -0.25) is 9.69 Å². The number of carboxylic acid groups (broad SMARTS) is 1. The van der Waals surface area contributed by atoms with Gasteiger partial charge in [0.25, 0.3) is 0 Å². The third kappa shape index (κ3) is 3.59. The highest BCUT2D eigenvalue weighted by Crippen LogP contribution is 2.29. The van der Waals surface area contributed by atoms with Crippen LogP contribution in [-0.4, -0.2) is 53.1 Å². The molecule has 0 radical (unpaired) electrons. The second-order valence-electron chi connectivity index (χ2n) is 6.00. The molecule has 2 rings (SSSR count). The molecule has 1 saturated heterocycles. The maximum absolute atomic E-state index is 11.7. The van der Waals surface area contributed by atoms with Crippen molar-refractivity contribution < 1.29 is 9.90 Å². The van der Waals surface area contributed by atoms with Crippen molar-refractivity contribution in [3.05, 3.63) is 22.4 Å². The molecule has 1 aliphatic rings. The minimum atomic E-state index is -0.739. The molecule has 0 bridgehead atoms. The lowest BCUT2D eigenvalue weighted by Crippen LogP contribution is -2.54. The molecule has 1 aliphatic heterocycles. The molecule has 0 spiro atoms. The summed E-state index contributed by atoms with van der Waals surface area (Å²) in [6.45, 7) is 10.4. The first-order valence-corrected chi connectivity index (χ1v) is 8.11. The van der Waals surface area contributed by atoms with Crippen molar-refractivity contribution in [2.24, 2.45) is 5.92 Å². The Morgan fingerprint density at radius 3 is 2.75 bits per heavy atom. The van der Waals surface area contributed by atoms with Crippen molar-refractivity contribution in [3.63, 3.8) is 0 Å². The first-order chi connectivity index (χ1) is 9.49. The van der Waals surface area contributed by atoms with E-state index in [9.17, 15) is 9.90 Å². The third-order valence-electron chi connectivity index (χ3n) is 3.76. The average molecular weight is 296 g/mol. The zero-order chi connectivity index (χ0) is 14.7. The van der Waals surface area contributed by atoms with Crippen LogP contribution in [0.2, 0.25) is 0 Å². The number of carbonyl (C=O) groups is 1. The first-order valence-electron chi connectivity index (χ1n) is 7.23. The molecule has 2 unspecified atom stereocenters. The predicted molar refractivity (Wildman–Crippen MR) is 82.1 cm³/mol. The van der Waals surface area contributed by atoms with E-state index in [0.717, 1.165) is 31.1 Å². The number of rotatable bonds is 5. The van der Waals surface area contributed by atoms with Gasteiger partial charge in [-0.25, -0.2) is 0 Å². The van der Waals surface area contributed by atoms with Gasteiger partial charge in [-0.1, -0.05) is 19.9 Å². The zero-order valence-electron chi connectivity index (χ0n) is 12.5. The largest absolute Gasteiger partial charge is 0.480 e. The van der Waals surface area contributed by atoms with Crippen LogP contribution in [-0.2, 0) is 4.79 Å². The monoisotopic (exact) mass is 296 g/mol. The summed E-state index contributed by atoms with van der Waals surface area (Å²) < 4.78 is 0. The topological polar surface area (TPSA) is 43.8 Å². The van der Waals surface area contributed by atoms with Crippen molar-refractivity contribution in [2.75, 3.05) is 26.2 Å². The molecule has 20 heavy (non-hydrogen) atoms. The molecule has 0 saturated carbocycles. The molecule has 0 aromatic carbocycles. The van der Waals surface area contributed by atoms with Crippen molar-refractivity contribution in [1.82, 2.24) is 9.80 Å². The lowest BCUT2D eigenvalue weighted by molar-refractivity contribution is -0.145. The Balaban J connectivity index is 2.07. The summed E-state index contributed by atoms with van der Waals surface area (Å²) in [7, 11) is 0. The minimum absolute atomic E-state index is 0.269. The Hall–Kier alpha value is -0.910. The van der Waals surface area contributed by atoms with E-state index in [0.29, 0.717) is 5.92 Å². The maximum atomic E-state index is 11.7. The standard InChI is InChI=1S/C15H24N2O2S/c1-11(2)9-16-6-7-17(12(3)10-16)14(15(18)19)13-5-4-8-20-13/h4-5,8,11-12,14H,6-7,9-10H2,1-3H3,(H,18,19). The number of piperazine rings is 1. The molecular formula is C15H24N2O2S. The maximum Gasteiger partial charge on any atom is 0.326 e. The molecule has 5 heteroatoms. The fraction of sp³-hybridized carbons (Fsp3) is 0.667. The molecule has 0 amide bonds. The van der Waals surface area contributed by atoms with E-state index >= 15 is 0 Å². The highest BCUT2D eigenvalue weighted by Gasteiger charge is 2.35. The number of hydrogen-bond donors (Lipinski definition) is 1. The van der Waals surface area contributed by atoms with E-state index in [1.165, 1.54) is 11.3 Å². The van der Waals surface area contributed by atoms with E-state index in [2.05, 4.69) is 30.6 Å². The molecule has 112 valence electrons. The molecule has 1 aromatic rings. The van der Waals surface area contributed by atoms with Crippen LogP contribution in [0.5, 0.6) is 0 Å². The fourth-order valence-corrected chi connectivity index (χ4v) is 3.82. The van der Waals surface area contributed by atoms with Gasteiger partial charge in [-0.05, 0) is 24.3 Å².